The van der Waals surface area contributed by atoms with Gasteiger partial charge in [0.25, 0.3) is 0 Å². The van der Waals surface area contributed by atoms with Gasteiger partial charge < -0.3 is 4.98 Å². The summed E-state index contributed by atoms with van der Waals surface area (Å²) in [6, 6.07) is 4.99. The van der Waals surface area contributed by atoms with Crippen LogP contribution in [0, 0.1) is 0 Å². The van der Waals surface area contributed by atoms with Crippen LogP contribution in [0.15, 0.2) is 18.3 Å². The molecule has 4 heteroatoms. The number of rotatable bonds is 2. The number of H-pyrrole nitrogens is 1. The molecule has 1 unspecified atom stereocenters. The Hall–Kier alpha value is -1.42. The molecule has 1 aliphatic rings. The van der Waals surface area contributed by atoms with Gasteiger partial charge in [-0.3, -0.25) is 4.90 Å². The summed E-state index contributed by atoms with van der Waals surface area (Å²) in [5, 5.41) is 0. The van der Waals surface area contributed by atoms with Crippen molar-refractivity contribution in [2.75, 3.05) is 6.54 Å². The lowest BCUT2D eigenvalue weighted by molar-refractivity contribution is 0.199. The van der Waals surface area contributed by atoms with Gasteiger partial charge in [-0.05, 0) is 45.4 Å². The van der Waals surface area contributed by atoms with Crippen molar-refractivity contribution < 1.29 is 0 Å². The molecule has 0 spiro atoms. The molecule has 1 N–H and O–H groups in total. The van der Waals surface area contributed by atoms with Crippen molar-refractivity contribution in [3.05, 3.63) is 24.2 Å². The van der Waals surface area contributed by atoms with Gasteiger partial charge in [0.15, 0.2) is 5.65 Å². The van der Waals surface area contributed by atoms with Gasteiger partial charge in [-0.15, -0.1) is 0 Å². The predicted molar refractivity (Wildman–Crippen MR) is 67.7 cm³/mol. The molecule has 0 aromatic carbocycles. The number of aromatic amines is 1. The van der Waals surface area contributed by atoms with Crippen molar-refractivity contribution in [3.8, 4) is 0 Å². The molecule has 3 rings (SSSR count). The molecule has 4 nitrogen and oxygen atoms in total. The molecular formula is C13H18N4. The second-order valence-electron chi connectivity index (χ2n) is 4.99. The van der Waals surface area contributed by atoms with E-state index in [0.717, 1.165) is 17.0 Å². The highest BCUT2D eigenvalue weighted by Gasteiger charge is 2.30. The Kier molecular flexibility index (Phi) is 2.59. The van der Waals surface area contributed by atoms with Crippen LogP contribution in [0.5, 0.6) is 0 Å². The van der Waals surface area contributed by atoms with Crippen LogP contribution >= 0.6 is 0 Å². The summed E-state index contributed by atoms with van der Waals surface area (Å²) in [5.41, 5.74) is 1.87. The second-order valence-corrected chi connectivity index (χ2v) is 4.99. The van der Waals surface area contributed by atoms with Gasteiger partial charge in [-0.1, -0.05) is 0 Å². The lowest BCUT2D eigenvalue weighted by Gasteiger charge is -2.26. The molecule has 17 heavy (non-hydrogen) atoms. The van der Waals surface area contributed by atoms with Crippen molar-refractivity contribution in [3.63, 3.8) is 0 Å². The van der Waals surface area contributed by atoms with E-state index in [0.29, 0.717) is 12.1 Å². The summed E-state index contributed by atoms with van der Waals surface area (Å²) in [6.45, 7) is 5.67. The summed E-state index contributed by atoms with van der Waals surface area (Å²) in [4.78, 5) is 14.8. The van der Waals surface area contributed by atoms with E-state index in [-0.39, 0.29) is 0 Å². The number of imidazole rings is 1. The maximum Gasteiger partial charge on any atom is 0.177 e. The fraction of sp³-hybridized carbons (Fsp3) is 0.538. The highest BCUT2D eigenvalue weighted by Crippen LogP contribution is 2.32. The van der Waals surface area contributed by atoms with Crippen LogP contribution in [-0.2, 0) is 0 Å². The SMILES string of the molecule is CC(C)N1CCCC1c1nc2ncccc2[nH]1. The third kappa shape index (κ3) is 1.82. The van der Waals surface area contributed by atoms with E-state index in [1.54, 1.807) is 6.20 Å². The van der Waals surface area contributed by atoms with E-state index in [4.69, 9.17) is 0 Å². The first-order valence-corrected chi connectivity index (χ1v) is 6.32. The summed E-state index contributed by atoms with van der Waals surface area (Å²) in [6.07, 6.45) is 4.24. The summed E-state index contributed by atoms with van der Waals surface area (Å²) < 4.78 is 0. The Morgan fingerprint density at radius 2 is 2.35 bits per heavy atom. The Balaban J connectivity index is 1.97. The van der Waals surface area contributed by atoms with Gasteiger partial charge in [0.1, 0.15) is 5.82 Å². The van der Waals surface area contributed by atoms with E-state index in [1.165, 1.54) is 19.4 Å². The molecular weight excluding hydrogens is 212 g/mol. The largest absolute Gasteiger partial charge is 0.339 e. The van der Waals surface area contributed by atoms with Gasteiger partial charge in [0.05, 0.1) is 11.6 Å². The first kappa shape index (κ1) is 10.7. The maximum atomic E-state index is 4.62. The fourth-order valence-corrected chi connectivity index (χ4v) is 2.72. The first-order valence-electron chi connectivity index (χ1n) is 6.32. The minimum absolute atomic E-state index is 0.434. The highest BCUT2D eigenvalue weighted by molar-refractivity contribution is 5.70. The normalized spacial score (nSPS) is 21.7. The second kappa shape index (κ2) is 4.11. The molecule has 3 heterocycles. The van der Waals surface area contributed by atoms with E-state index in [2.05, 4.69) is 33.7 Å². The zero-order valence-corrected chi connectivity index (χ0v) is 10.3. The minimum Gasteiger partial charge on any atom is -0.339 e. The summed E-state index contributed by atoms with van der Waals surface area (Å²) in [7, 11) is 0. The standard InChI is InChI=1S/C13H18N4/c1-9(2)17-8-4-6-11(17)13-15-10-5-3-7-14-12(10)16-13/h3,5,7,9,11H,4,6,8H2,1-2H3,(H,14,15,16). The molecule has 0 aliphatic carbocycles. The number of fused-ring (bicyclic) bond motifs is 1. The van der Waals surface area contributed by atoms with Crippen molar-refractivity contribution in [2.45, 2.75) is 38.8 Å². The van der Waals surface area contributed by atoms with E-state index in [1.807, 2.05) is 12.1 Å². The van der Waals surface area contributed by atoms with Crippen LogP contribution in [0.25, 0.3) is 11.2 Å². The molecule has 1 saturated heterocycles. The van der Waals surface area contributed by atoms with Crippen molar-refractivity contribution >= 4 is 11.2 Å². The topological polar surface area (TPSA) is 44.8 Å². The fourth-order valence-electron chi connectivity index (χ4n) is 2.72. The van der Waals surface area contributed by atoms with Gasteiger partial charge in [0.2, 0.25) is 0 Å². The number of nitrogens with zero attached hydrogens (tertiary/aromatic N) is 3. The monoisotopic (exact) mass is 230 g/mol. The quantitative estimate of drug-likeness (QED) is 0.862. The molecule has 1 aliphatic heterocycles. The number of aromatic nitrogens is 3. The van der Waals surface area contributed by atoms with Gasteiger partial charge >= 0.3 is 0 Å². The molecule has 1 fully saturated rings. The molecule has 0 saturated carbocycles. The molecule has 0 bridgehead atoms. The molecule has 1 atom stereocenters. The molecule has 2 aromatic rings. The number of hydrogen-bond acceptors (Lipinski definition) is 3. The van der Waals surface area contributed by atoms with Gasteiger partial charge in [-0.2, -0.15) is 0 Å². The maximum absolute atomic E-state index is 4.62. The first-order chi connectivity index (χ1) is 8.25. The van der Waals surface area contributed by atoms with E-state index < -0.39 is 0 Å². The Bertz CT molecular complexity index is 484. The number of likely N-dealkylation sites (tertiary alicyclic amines) is 1. The van der Waals surface area contributed by atoms with Crippen LogP contribution in [0.3, 0.4) is 0 Å². The Labute approximate surface area is 101 Å². The summed E-state index contributed by atoms with van der Waals surface area (Å²) >= 11 is 0. The van der Waals surface area contributed by atoms with Gasteiger partial charge in [0, 0.05) is 12.2 Å². The number of hydrogen-bond donors (Lipinski definition) is 1. The molecule has 0 amide bonds. The predicted octanol–water partition coefficient (Wildman–Crippen LogP) is 2.50. The zero-order chi connectivity index (χ0) is 11.8. The van der Waals surface area contributed by atoms with Crippen molar-refractivity contribution in [1.29, 1.82) is 0 Å². The minimum atomic E-state index is 0.434. The highest BCUT2D eigenvalue weighted by atomic mass is 15.2. The van der Waals surface area contributed by atoms with E-state index in [9.17, 15) is 0 Å². The van der Waals surface area contributed by atoms with Crippen LogP contribution in [0.2, 0.25) is 0 Å². The van der Waals surface area contributed by atoms with Crippen molar-refractivity contribution in [2.24, 2.45) is 0 Å². The third-order valence-corrected chi connectivity index (χ3v) is 3.55. The summed E-state index contributed by atoms with van der Waals surface area (Å²) in [5.74, 6) is 1.07. The Morgan fingerprint density at radius 1 is 1.47 bits per heavy atom. The number of nitrogens with one attached hydrogen (secondary N) is 1. The van der Waals surface area contributed by atoms with Crippen molar-refractivity contribution in [1.82, 2.24) is 19.9 Å². The van der Waals surface area contributed by atoms with Crippen LogP contribution < -0.4 is 0 Å². The molecule has 0 radical (unpaired) electrons. The average Bonchev–Trinajstić information content (AvgIpc) is 2.95. The third-order valence-electron chi connectivity index (χ3n) is 3.55. The average molecular weight is 230 g/mol. The van der Waals surface area contributed by atoms with Gasteiger partial charge in [-0.25, -0.2) is 9.97 Å². The zero-order valence-electron chi connectivity index (χ0n) is 10.3. The van der Waals surface area contributed by atoms with Crippen LogP contribution in [0.1, 0.15) is 38.6 Å². The smallest absolute Gasteiger partial charge is 0.177 e. The van der Waals surface area contributed by atoms with Crippen LogP contribution in [0.4, 0.5) is 0 Å². The van der Waals surface area contributed by atoms with Crippen LogP contribution in [-0.4, -0.2) is 32.4 Å². The number of pyridine rings is 1. The van der Waals surface area contributed by atoms with E-state index >= 15 is 0 Å². The molecule has 2 aromatic heterocycles. The lowest BCUT2D eigenvalue weighted by atomic mass is 10.2. The molecule has 90 valence electrons. The Morgan fingerprint density at radius 3 is 3.12 bits per heavy atom. The lowest BCUT2D eigenvalue weighted by Crippen LogP contribution is -2.30.